The van der Waals surface area contributed by atoms with Crippen molar-refractivity contribution in [3.05, 3.63) is 35.4 Å². The zero-order chi connectivity index (χ0) is 21.5. The summed E-state index contributed by atoms with van der Waals surface area (Å²) in [6.45, 7) is 2.24. The average Bonchev–Trinajstić information content (AvgIpc) is 2.72. The monoisotopic (exact) mass is 421 g/mol. The fourth-order valence-corrected chi connectivity index (χ4v) is 3.77. The largest absolute Gasteiger partial charge is 0.481 e. The van der Waals surface area contributed by atoms with E-state index in [-0.39, 0.29) is 5.78 Å². The quantitative estimate of drug-likeness (QED) is 0.228. The van der Waals surface area contributed by atoms with Crippen molar-refractivity contribution in [2.75, 3.05) is 5.75 Å². The number of ketones is 1. The van der Waals surface area contributed by atoms with Gasteiger partial charge in [-0.2, -0.15) is 12.6 Å². The van der Waals surface area contributed by atoms with E-state index in [0.717, 1.165) is 12.0 Å². The first-order valence-electron chi connectivity index (χ1n) is 11.2. The Labute approximate surface area is 182 Å². The summed E-state index contributed by atoms with van der Waals surface area (Å²) in [6.07, 6.45) is 12.4. The van der Waals surface area contributed by atoms with E-state index in [0.29, 0.717) is 31.4 Å². The highest BCUT2D eigenvalue weighted by Gasteiger charge is 2.20. The maximum atomic E-state index is 11.7. The van der Waals surface area contributed by atoms with E-state index in [1.54, 1.807) is 0 Å². The van der Waals surface area contributed by atoms with Gasteiger partial charge in [-0.3, -0.25) is 9.59 Å². The van der Waals surface area contributed by atoms with E-state index in [1.807, 2.05) is 12.1 Å². The maximum absolute atomic E-state index is 11.7. The minimum absolute atomic E-state index is 0.00147. The lowest BCUT2D eigenvalue weighted by atomic mass is 9.91. The zero-order valence-corrected chi connectivity index (χ0v) is 18.8. The zero-order valence-electron chi connectivity index (χ0n) is 17.9. The number of thiol groups is 1. The Bertz CT molecular complexity index is 588. The Morgan fingerprint density at radius 2 is 1.59 bits per heavy atom. The lowest BCUT2D eigenvalue weighted by Crippen LogP contribution is -2.31. The van der Waals surface area contributed by atoms with Gasteiger partial charge in [-0.15, -0.1) is 0 Å². The number of Topliss-reactive ketones (excluding diaryl/α,β-unsaturated/α-hetero) is 1. The Hall–Kier alpha value is -1.33. The molecule has 0 saturated heterocycles. The fourth-order valence-electron chi connectivity index (χ4n) is 3.57. The highest BCUT2D eigenvalue weighted by Crippen LogP contribution is 2.24. The molecule has 0 aromatic heterocycles. The first-order valence-corrected chi connectivity index (χ1v) is 11.8. The second-order valence-electron chi connectivity index (χ2n) is 8.00. The first kappa shape index (κ1) is 25.7. The van der Waals surface area contributed by atoms with Crippen molar-refractivity contribution in [1.29, 1.82) is 0 Å². The van der Waals surface area contributed by atoms with E-state index in [9.17, 15) is 14.7 Å². The molecule has 0 amide bonds. The van der Waals surface area contributed by atoms with Crippen LogP contribution in [0.3, 0.4) is 0 Å². The number of carbonyl (C=O) groups is 2. The van der Waals surface area contributed by atoms with Gasteiger partial charge in [0.05, 0.1) is 12.0 Å². The number of carbonyl (C=O) groups excluding carboxylic acids is 1. The van der Waals surface area contributed by atoms with Crippen molar-refractivity contribution >= 4 is 24.4 Å². The summed E-state index contributed by atoms with van der Waals surface area (Å²) in [5.74, 6) is -0.969. The molecule has 29 heavy (non-hydrogen) atoms. The van der Waals surface area contributed by atoms with Crippen LogP contribution in [0.2, 0.25) is 0 Å². The molecule has 0 radical (unpaired) electrons. The lowest BCUT2D eigenvalue weighted by molar-refractivity contribution is -0.139. The molecule has 0 bridgehead atoms. The summed E-state index contributed by atoms with van der Waals surface area (Å²) in [5, 5.41) is 9.60. The molecule has 1 rings (SSSR count). The summed E-state index contributed by atoms with van der Waals surface area (Å²) < 4.78 is 0. The minimum Gasteiger partial charge on any atom is -0.481 e. The number of aliphatic carboxylic acids is 1. The Morgan fingerprint density at radius 1 is 0.966 bits per heavy atom. The van der Waals surface area contributed by atoms with Crippen molar-refractivity contribution in [1.82, 2.24) is 0 Å². The van der Waals surface area contributed by atoms with Crippen LogP contribution in [-0.4, -0.2) is 28.7 Å². The van der Waals surface area contributed by atoms with Gasteiger partial charge >= 0.3 is 5.97 Å². The molecule has 0 aliphatic heterocycles. The minimum atomic E-state index is -0.803. The number of nitrogens with two attached hydrogens (primary N) is 1. The Morgan fingerprint density at radius 3 is 2.17 bits per heavy atom. The third kappa shape index (κ3) is 10.9. The Balaban J connectivity index is 2.38. The molecule has 0 spiro atoms. The standard InChI is InChI=1S/C24H39NO3S/c1-2-3-4-5-6-7-8-11-19-14-16-20(17-15-19)21(24(27)28)12-9-10-13-23(26)22(25)18-29/h14-17,21-22,29H,2-13,18,25H2,1H3,(H,27,28)/t21-,22+/m1/s1. The molecule has 4 nitrogen and oxygen atoms in total. The Kier molecular flexibility index (Phi) is 13.7. The summed E-state index contributed by atoms with van der Waals surface area (Å²) in [5.41, 5.74) is 7.78. The predicted molar refractivity (Wildman–Crippen MR) is 124 cm³/mol. The number of carboxylic acids is 1. The van der Waals surface area contributed by atoms with Gasteiger partial charge in [-0.1, -0.05) is 76.1 Å². The van der Waals surface area contributed by atoms with Crippen molar-refractivity contribution < 1.29 is 14.7 Å². The maximum Gasteiger partial charge on any atom is 0.310 e. The molecule has 0 fully saturated rings. The van der Waals surface area contributed by atoms with Crippen molar-refractivity contribution in [2.45, 2.75) is 95.9 Å². The van der Waals surface area contributed by atoms with Gasteiger partial charge in [0.15, 0.2) is 0 Å². The summed E-state index contributed by atoms with van der Waals surface area (Å²) in [7, 11) is 0. The van der Waals surface area contributed by atoms with Gasteiger partial charge < -0.3 is 10.8 Å². The van der Waals surface area contributed by atoms with Crippen LogP contribution in [0.1, 0.15) is 94.6 Å². The van der Waals surface area contributed by atoms with Crippen LogP contribution in [0.5, 0.6) is 0 Å². The van der Waals surface area contributed by atoms with Crippen LogP contribution in [0.4, 0.5) is 0 Å². The van der Waals surface area contributed by atoms with E-state index in [4.69, 9.17) is 5.73 Å². The summed E-state index contributed by atoms with van der Waals surface area (Å²) >= 11 is 4.04. The van der Waals surface area contributed by atoms with Crippen molar-refractivity contribution in [2.24, 2.45) is 5.73 Å². The molecular formula is C24H39NO3S. The molecule has 3 N–H and O–H groups in total. The van der Waals surface area contributed by atoms with Crippen molar-refractivity contribution in [3.8, 4) is 0 Å². The molecule has 0 unspecified atom stereocenters. The van der Waals surface area contributed by atoms with Crippen LogP contribution in [0.25, 0.3) is 0 Å². The van der Waals surface area contributed by atoms with Crippen molar-refractivity contribution in [3.63, 3.8) is 0 Å². The number of unbranched alkanes of at least 4 members (excludes halogenated alkanes) is 7. The molecule has 2 atom stereocenters. The van der Waals surface area contributed by atoms with E-state index in [1.165, 1.54) is 50.5 Å². The lowest BCUT2D eigenvalue weighted by Gasteiger charge is -2.14. The summed E-state index contributed by atoms with van der Waals surface area (Å²) in [6, 6.07) is 7.53. The summed E-state index contributed by atoms with van der Waals surface area (Å²) in [4.78, 5) is 23.4. The molecule has 5 heteroatoms. The third-order valence-electron chi connectivity index (χ3n) is 5.53. The highest BCUT2D eigenvalue weighted by atomic mass is 32.1. The van der Waals surface area contributed by atoms with Gasteiger partial charge in [0.2, 0.25) is 0 Å². The normalized spacial score (nSPS) is 13.2. The SMILES string of the molecule is CCCCCCCCCc1ccc([C@@H](CCCCC(=O)[C@@H](N)CS)C(=O)O)cc1. The molecule has 0 saturated carbocycles. The van der Waals surface area contributed by atoms with E-state index >= 15 is 0 Å². The number of carboxylic acid groups (broad SMARTS) is 1. The van der Waals surface area contributed by atoms with Gasteiger partial charge in [0.25, 0.3) is 0 Å². The molecular weight excluding hydrogens is 382 g/mol. The molecule has 1 aromatic carbocycles. The molecule has 164 valence electrons. The molecule has 0 heterocycles. The van der Waals surface area contributed by atoms with E-state index < -0.39 is 17.9 Å². The fraction of sp³-hybridized carbons (Fsp3) is 0.667. The molecule has 1 aromatic rings. The van der Waals surface area contributed by atoms with Crippen LogP contribution in [-0.2, 0) is 16.0 Å². The number of hydrogen-bond acceptors (Lipinski definition) is 4. The average molecular weight is 422 g/mol. The van der Waals surface area contributed by atoms with Gasteiger partial charge in [-0.25, -0.2) is 0 Å². The van der Waals surface area contributed by atoms with Gasteiger partial charge in [0, 0.05) is 12.2 Å². The highest BCUT2D eigenvalue weighted by molar-refractivity contribution is 7.80. The number of rotatable bonds is 17. The van der Waals surface area contributed by atoms with Crippen LogP contribution < -0.4 is 5.73 Å². The predicted octanol–water partition coefficient (Wildman–Crippen LogP) is 5.53. The van der Waals surface area contributed by atoms with Crippen LogP contribution >= 0.6 is 12.6 Å². The third-order valence-corrected chi connectivity index (χ3v) is 5.92. The van der Waals surface area contributed by atoms with Crippen LogP contribution in [0.15, 0.2) is 24.3 Å². The van der Waals surface area contributed by atoms with Gasteiger partial charge in [-0.05, 0) is 36.8 Å². The topological polar surface area (TPSA) is 80.4 Å². The van der Waals surface area contributed by atoms with Crippen LogP contribution in [0, 0.1) is 0 Å². The smallest absolute Gasteiger partial charge is 0.310 e. The number of aryl methyl sites for hydroxylation is 1. The number of benzene rings is 1. The number of hydrogen-bond donors (Lipinski definition) is 3. The second-order valence-corrected chi connectivity index (χ2v) is 8.37. The molecule has 0 aliphatic carbocycles. The molecule has 0 aliphatic rings. The first-order chi connectivity index (χ1) is 14.0. The van der Waals surface area contributed by atoms with E-state index in [2.05, 4.69) is 31.7 Å². The van der Waals surface area contributed by atoms with Gasteiger partial charge in [0.1, 0.15) is 5.78 Å². The second kappa shape index (κ2) is 15.5.